The van der Waals surface area contributed by atoms with Crippen molar-refractivity contribution in [2.75, 3.05) is 0 Å². The van der Waals surface area contributed by atoms with E-state index in [1.54, 1.807) is 10.6 Å². The molecule has 0 atom stereocenters. The quantitative estimate of drug-likeness (QED) is 0.681. The minimum Gasteiger partial charge on any atom is -0.313 e. The van der Waals surface area contributed by atoms with E-state index in [1.807, 2.05) is 62.6 Å². The molecule has 0 unspecified atom stereocenters. The summed E-state index contributed by atoms with van der Waals surface area (Å²) in [6.07, 6.45) is 3.82. The first-order valence-electron chi connectivity index (χ1n) is 8.29. The average molecular weight is 352 g/mol. The molecular weight excluding hydrogens is 334 g/mol. The summed E-state index contributed by atoms with van der Waals surface area (Å²) < 4.78 is 3.77. The van der Waals surface area contributed by atoms with Gasteiger partial charge in [0.15, 0.2) is 0 Å². The number of para-hydroxylation sites is 1. The summed E-state index contributed by atoms with van der Waals surface area (Å²) in [6.45, 7) is 4.52. The first-order chi connectivity index (χ1) is 12.1. The van der Waals surface area contributed by atoms with Gasteiger partial charge in [-0.3, -0.25) is 9.79 Å². The van der Waals surface area contributed by atoms with Crippen molar-refractivity contribution in [1.29, 1.82) is 0 Å². The van der Waals surface area contributed by atoms with Crippen molar-refractivity contribution in [1.82, 2.24) is 9.13 Å². The second-order valence-corrected chi connectivity index (χ2v) is 6.84. The van der Waals surface area contributed by atoms with Crippen molar-refractivity contribution >= 4 is 17.3 Å². The second kappa shape index (κ2) is 6.05. The molecule has 0 saturated heterocycles. The topological polar surface area (TPSA) is 39.3 Å². The van der Waals surface area contributed by atoms with E-state index < -0.39 is 0 Å². The molecule has 0 fully saturated rings. The highest BCUT2D eigenvalue weighted by atomic mass is 35.5. The average Bonchev–Trinajstić information content (AvgIpc) is 2.98. The minimum atomic E-state index is -0.0203. The molecule has 0 aliphatic carbocycles. The molecule has 0 spiro atoms. The number of pyridine rings is 1. The molecule has 0 amide bonds. The molecule has 25 heavy (non-hydrogen) atoms. The Labute approximate surface area is 151 Å². The van der Waals surface area contributed by atoms with Gasteiger partial charge >= 0.3 is 0 Å². The predicted molar refractivity (Wildman–Crippen MR) is 101 cm³/mol. The van der Waals surface area contributed by atoms with Crippen LogP contribution in [0.25, 0.3) is 5.69 Å². The summed E-state index contributed by atoms with van der Waals surface area (Å²) in [5.41, 5.74) is 4.58. The highest BCUT2D eigenvalue weighted by Crippen LogP contribution is 2.30. The molecule has 3 aromatic rings. The Morgan fingerprint density at radius 3 is 2.72 bits per heavy atom. The molecule has 1 aliphatic heterocycles. The Hall–Kier alpha value is -2.59. The van der Waals surface area contributed by atoms with Gasteiger partial charge in [0, 0.05) is 30.1 Å². The van der Waals surface area contributed by atoms with Crippen molar-refractivity contribution < 1.29 is 0 Å². The van der Waals surface area contributed by atoms with Crippen LogP contribution in [0.15, 0.2) is 64.6 Å². The van der Waals surface area contributed by atoms with Crippen LogP contribution in [0.4, 0.5) is 0 Å². The third-order valence-electron chi connectivity index (χ3n) is 4.49. The largest absolute Gasteiger partial charge is 0.313 e. The maximum Gasteiger partial charge on any atom is 0.251 e. The third kappa shape index (κ3) is 2.63. The Kier molecular flexibility index (Phi) is 3.85. The fourth-order valence-corrected chi connectivity index (χ4v) is 3.56. The summed E-state index contributed by atoms with van der Waals surface area (Å²) >= 11 is 6.45. The molecular formula is C20H18ClN3O. The summed E-state index contributed by atoms with van der Waals surface area (Å²) in [5, 5.41) is 0.696. The highest BCUT2D eigenvalue weighted by Gasteiger charge is 2.20. The number of aromatic nitrogens is 2. The lowest BCUT2D eigenvalue weighted by Crippen LogP contribution is -2.22. The lowest BCUT2D eigenvalue weighted by molar-refractivity contribution is 0.578. The van der Waals surface area contributed by atoms with Gasteiger partial charge in [-0.25, -0.2) is 0 Å². The molecule has 3 heterocycles. The van der Waals surface area contributed by atoms with Crippen LogP contribution in [0.2, 0.25) is 5.02 Å². The Morgan fingerprint density at radius 2 is 1.96 bits per heavy atom. The summed E-state index contributed by atoms with van der Waals surface area (Å²) in [6, 6.07) is 13.6. The second-order valence-electron chi connectivity index (χ2n) is 6.43. The van der Waals surface area contributed by atoms with Crippen molar-refractivity contribution in [2.45, 2.75) is 26.4 Å². The van der Waals surface area contributed by atoms with E-state index in [9.17, 15) is 4.79 Å². The van der Waals surface area contributed by atoms with Crippen molar-refractivity contribution in [2.24, 2.45) is 4.99 Å². The zero-order chi connectivity index (χ0) is 17.6. The smallest absolute Gasteiger partial charge is 0.251 e. The van der Waals surface area contributed by atoms with Crippen LogP contribution in [0.5, 0.6) is 0 Å². The van der Waals surface area contributed by atoms with Crippen LogP contribution < -0.4 is 5.56 Å². The standard InChI is InChI=1S/C20H18ClN3O/c1-13(2)23-10-8-14(11-18(23)25)19-17-7-4-9-24(17)20-15(12-22-19)5-3-6-16(20)21/h3-11,13H,12H2,1-2H3. The van der Waals surface area contributed by atoms with Gasteiger partial charge in [0.2, 0.25) is 0 Å². The number of hydrogen-bond donors (Lipinski definition) is 0. The van der Waals surface area contributed by atoms with Crippen LogP contribution >= 0.6 is 11.6 Å². The SMILES string of the molecule is CC(C)n1ccc(C2=NCc3cccc(Cl)c3-n3cccc32)cc1=O. The third-order valence-corrected chi connectivity index (χ3v) is 4.79. The number of fused-ring (bicyclic) bond motifs is 3. The number of halogens is 1. The van der Waals surface area contributed by atoms with Gasteiger partial charge in [0.1, 0.15) is 0 Å². The van der Waals surface area contributed by atoms with Crippen LogP contribution in [0, 0.1) is 0 Å². The highest BCUT2D eigenvalue weighted by molar-refractivity contribution is 6.32. The number of benzene rings is 1. The van der Waals surface area contributed by atoms with Crippen LogP contribution in [-0.2, 0) is 6.54 Å². The van der Waals surface area contributed by atoms with Crippen LogP contribution in [-0.4, -0.2) is 14.8 Å². The number of hydrogen-bond acceptors (Lipinski definition) is 2. The molecule has 0 saturated carbocycles. The fraction of sp³-hybridized carbons (Fsp3) is 0.200. The summed E-state index contributed by atoms with van der Waals surface area (Å²) in [7, 11) is 0. The van der Waals surface area contributed by atoms with Crippen molar-refractivity contribution in [3.8, 4) is 5.69 Å². The Bertz CT molecular complexity index is 1040. The molecule has 0 bridgehead atoms. The van der Waals surface area contributed by atoms with E-state index >= 15 is 0 Å². The molecule has 4 nitrogen and oxygen atoms in total. The lowest BCUT2D eigenvalue weighted by Gasteiger charge is -2.13. The molecule has 126 valence electrons. The molecule has 4 rings (SSSR count). The van der Waals surface area contributed by atoms with Crippen molar-refractivity contribution in [3.63, 3.8) is 0 Å². The first kappa shape index (κ1) is 15.9. The number of nitrogens with zero attached hydrogens (tertiary/aromatic N) is 3. The van der Waals surface area contributed by atoms with Gasteiger partial charge in [-0.2, -0.15) is 0 Å². The zero-order valence-electron chi connectivity index (χ0n) is 14.1. The Balaban J connectivity index is 1.90. The normalized spacial score (nSPS) is 13.2. The molecule has 0 N–H and O–H groups in total. The first-order valence-corrected chi connectivity index (χ1v) is 8.66. The fourth-order valence-electron chi connectivity index (χ4n) is 3.27. The van der Waals surface area contributed by atoms with Gasteiger partial charge in [-0.1, -0.05) is 23.7 Å². The zero-order valence-corrected chi connectivity index (χ0v) is 14.9. The lowest BCUT2D eigenvalue weighted by atomic mass is 10.1. The minimum absolute atomic E-state index is 0.0203. The van der Waals surface area contributed by atoms with Crippen LogP contribution in [0.1, 0.15) is 36.7 Å². The summed E-state index contributed by atoms with van der Waals surface area (Å²) in [4.78, 5) is 17.2. The Morgan fingerprint density at radius 1 is 1.12 bits per heavy atom. The van der Waals surface area contributed by atoms with Gasteiger partial charge < -0.3 is 9.13 Å². The molecule has 2 aromatic heterocycles. The van der Waals surface area contributed by atoms with Crippen molar-refractivity contribution in [3.05, 3.63) is 87.1 Å². The van der Waals surface area contributed by atoms with Gasteiger partial charge in [0.25, 0.3) is 5.56 Å². The number of rotatable bonds is 2. The van der Waals surface area contributed by atoms with E-state index in [1.165, 1.54) is 0 Å². The van der Waals surface area contributed by atoms with E-state index in [0.717, 1.165) is 28.2 Å². The van der Waals surface area contributed by atoms with E-state index in [-0.39, 0.29) is 11.6 Å². The van der Waals surface area contributed by atoms with E-state index in [2.05, 4.69) is 4.57 Å². The maximum absolute atomic E-state index is 12.4. The molecule has 1 aromatic carbocycles. The molecule has 1 aliphatic rings. The maximum atomic E-state index is 12.4. The van der Waals surface area contributed by atoms with E-state index in [4.69, 9.17) is 16.6 Å². The molecule has 5 heteroatoms. The van der Waals surface area contributed by atoms with Gasteiger partial charge in [-0.15, -0.1) is 0 Å². The van der Waals surface area contributed by atoms with E-state index in [0.29, 0.717) is 11.6 Å². The number of aliphatic imine (C=N–C) groups is 1. The molecule has 0 radical (unpaired) electrons. The predicted octanol–water partition coefficient (Wildman–Crippen LogP) is 4.22. The van der Waals surface area contributed by atoms with Gasteiger partial charge in [0.05, 0.1) is 28.7 Å². The monoisotopic (exact) mass is 351 g/mol. The summed E-state index contributed by atoms with van der Waals surface area (Å²) in [5.74, 6) is 0. The van der Waals surface area contributed by atoms with Gasteiger partial charge in [-0.05, 0) is 43.7 Å². The van der Waals surface area contributed by atoms with Crippen LogP contribution in [0.3, 0.4) is 0 Å².